The van der Waals surface area contributed by atoms with Crippen molar-refractivity contribution in [3.05, 3.63) is 45.0 Å². The van der Waals surface area contributed by atoms with Crippen molar-refractivity contribution in [1.82, 2.24) is 20.1 Å². The molecule has 110 valence electrons. The largest absolute Gasteiger partial charge is 0.345 e. The quantitative estimate of drug-likeness (QED) is 0.812. The molecule has 2 heterocycles. The van der Waals surface area contributed by atoms with Crippen molar-refractivity contribution in [3.8, 4) is 0 Å². The Kier molecular flexibility index (Phi) is 4.52. The molecule has 3 rings (SSSR count). The number of nitrogens with one attached hydrogen (secondary N) is 1. The number of aryl methyl sites for hydroxylation is 1. The van der Waals surface area contributed by atoms with Gasteiger partial charge in [0.2, 0.25) is 0 Å². The van der Waals surface area contributed by atoms with Gasteiger partial charge in [-0.2, -0.15) is 0 Å². The lowest BCUT2D eigenvalue weighted by Gasteiger charge is -2.09. The van der Waals surface area contributed by atoms with Crippen molar-refractivity contribution < 1.29 is 4.79 Å². The summed E-state index contributed by atoms with van der Waals surface area (Å²) in [5, 5.41) is 11.4. The molecule has 0 saturated carbocycles. The highest BCUT2D eigenvalue weighted by atomic mass is 127. The lowest BCUT2D eigenvalue weighted by Crippen LogP contribution is -2.25. The second-order valence-corrected chi connectivity index (χ2v) is 6.32. The summed E-state index contributed by atoms with van der Waals surface area (Å²) >= 11 is 2.17. The Bertz CT molecular complexity index is 653. The second kappa shape index (κ2) is 6.55. The van der Waals surface area contributed by atoms with E-state index in [-0.39, 0.29) is 5.91 Å². The fraction of sp³-hybridized carbons (Fsp3) is 0.400. The standard InChI is InChI=1S/C15H17IN4O/c16-12-7-4-3-6-11(12)15(21)17-10-14-19-18-13-8-2-1-5-9-20(13)14/h3-4,6-7H,1-2,5,8-10H2,(H,17,21). The number of hydrogen-bond donors (Lipinski definition) is 1. The molecule has 1 N–H and O–H groups in total. The molecule has 0 saturated heterocycles. The third kappa shape index (κ3) is 3.25. The fourth-order valence-corrected chi connectivity index (χ4v) is 3.21. The first-order valence-electron chi connectivity index (χ1n) is 7.19. The predicted molar refractivity (Wildman–Crippen MR) is 87.9 cm³/mol. The molecule has 0 atom stereocenters. The number of fused-ring (bicyclic) bond motifs is 1. The Morgan fingerprint density at radius 2 is 2.10 bits per heavy atom. The van der Waals surface area contributed by atoms with Crippen LogP contribution in [-0.4, -0.2) is 20.7 Å². The lowest BCUT2D eigenvalue weighted by atomic mass is 10.2. The van der Waals surface area contributed by atoms with Gasteiger partial charge in [0, 0.05) is 16.5 Å². The summed E-state index contributed by atoms with van der Waals surface area (Å²) in [6.07, 6.45) is 4.55. The fourth-order valence-electron chi connectivity index (χ4n) is 2.58. The molecule has 21 heavy (non-hydrogen) atoms. The van der Waals surface area contributed by atoms with Crippen LogP contribution in [0.15, 0.2) is 24.3 Å². The van der Waals surface area contributed by atoms with E-state index in [1.807, 2.05) is 24.3 Å². The van der Waals surface area contributed by atoms with Crippen molar-refractivity contribution in [1.29, 1.82) is 0 Å². The molecule has 0 spiro atoms. The Balaban J connectivity index is 1.70. The lowest BCUT2D eigenvalue weighted by molar-refractivity contribution is 0.0948. The van der Waals surface area contributed by atoms with E-state index in [1.54, 1.807) is 0 Å². The smallest absolute Gasteiger partial charge is 0.252 e. The number of aromatic nitrogens is 3. The van der Waals surface area contributed by atoms with Crippen LogP contribution in [0.2, 0.25) is 0 Å². The van der Waals surface area contributed by atoms with Crippen molar-refractivity contribution in [2.45, 2.75) is 38.8 Å². The van der Waals surface area contributed by atoms with Gasteiger partial charge in [0.05, 0.1) is 12.1 Å². The molecule has 6 heteroatoms. The highest BCUT2D eigenvalue weighted by molar-refractivity contribution is 14.1. The van der Waals surface area contributed by atoms with Crippen LogP contribution in [0, 0.1) is 3.57 Å². The normalized spacial score (nSPS) is 14.3. The number of nitrogens with zero attached hydrogens (tertiary/aromatic N) is 3. The average Bonchev–Trinajstić information content (AvgIpc) is 2.72. The molecule has 0 fully saturated rings. The van der Waals surface area contributed by atoms with E-state index < -0.39 is 0 Å². The SMILES string of the molecule is O=C(NCc1nnc2n1CCCCC2)c1ccccc1I. The van der Waals surface area contributed by atoms with Gasteiger partial charge in [-0.1, -0.05) is 18.6 Å². The second-order valence-electron chi connectivity index (χ2n) is 5.16. The van der Waals surface area contributed by atoms with Gasteiger partial charge in [0.15, 0.2) is 5.82 Å². The summed E-state index contributed by atoms with van der Waals surface area (Å²) < 4.78 is 3.11. The van der Waals surface area contributed by atoms with Crippen LogP contribution in [-0.2, 0) is 19.5 Å². The van der Waals surface area contributed by atoms with Gasteiger partial charge in [-0.05, 0) is 47.6 Å². The highest BCUT2D eigenvalue weighted by Crippen LogP contribution is 2.15. The van der Waals surface area contributed by atoms with Gasteiger partial charge in [-0.3, -0.25) is 4.79 Å². The number of halogens is 1. The first kappa shape index (κ1) is 14.5. The maximum absolute atomic E-state index is 12.2. The summed E-state index contributed by atoms with van der Waals surface area (Å²) in [6.45, 7) is 1.38. The zero-order chi connectivity index (χ0) is 14.7. The van der Waals surface area contributed by atoms with Crippen LogP contribution in [0.1, 0.15) is 41.3 Å². The Hall–Kier alpha value is -1.44. The van der Waals surface area contributed by atoms with Crippen LogP contribution in [0.5, 0.6) is 0 Å². The minimum atomic E-state index is -0.0639. The molecule has 1 amide bonds. The van der Waals surface area contributed by atoms with Crippen LogP contribution in [0.3, 0.4) is 0 Å². The van der Waals surface area contributed by atoms with Crippen LogP contribution in [0.25, 0.3) is 0 Å². The van der Waals surface area contributed by atoms with Crippen molar-refractivity contribution in [2.24, 2.45) is 0 Å². The number of carbonyl (C=O) groups is 1. The summed E-state index contributed by atoms with van der Waals surface area (Å²) in [4.78, 5) is 12.2. The Morgan fingerprint density at radius 3 is 2.95 bits per heavy atom. The van der Waals surface area contributed by atoms with E-state index in [1.165, 1.54) is 12.8 Å². The third-order valence-corrected chi connectivity index (χ3v) is 4.65. The molecule has 1 aliphatic rings. The maximum atomic E-state index is 12.2. The minimum absolute atomic E-state index is 0.0639. The topological polar surface area (TPSA) is 59.8 Å². The maximum Gasteiger partial charge on any atom is 0.252 e. The van der Waals surface area contributed by atoms with E-state index in [0.29, 0.717) is 12.1 Å². The molecule has 0 radical (unpaired) electrons. The van der Waals surface area contributed by atoms with Crippen LogP contribution >= 0.6 is 22.6 Å². The molecular formula is C15H17IN4O. The van der Waals surface area contributed by atoms with E-state index in [2.05, 4.69) is 42.7 Å². The molecule has 2 aromatic rings. The van der Waals surface area contributed by atoms with Crippen LogP contribution in [0.4, 0.5) is 0 Å². The van der Waals surface area contributed by atoms with Gasteiger partial charge in [0.1, 0.15) is 5.82 Å². The first-order chi connectivity index (χ1) is 10.3. The molecule has 0 unspecified atom stereocenters. The van der Waals surface area contributed by atoms with Crippen molar-refractivity contribution in [3.63, 3.8) is 0 Å². The Morgan fingerprint density at radius 1 is 1.24 bits per heavy atom. The van der Waals surface area contributed by atoms with Crippen molar-refractivity contribution >= 4 is 28.5 Å². The zero-order valence-electron chi connectivity index (χ0n) is 11.7. The average molecular weight is 396 g/mol. The summed E-state index contributed by atoms with van der Waals surface area (Å²) in [7, 11) is 0. The first-order valence-corrected chi connectivity index (χ1v) is 8.27. The summed E-state index contributed by atoms with van der Waals surface area (Å²) in [5.74, 6) is 1.84. The number of benzene rings is 1. The molecule has 5 nitrogen and oxygen atoms in total. The molecule has 0 aliphatic carbocycles. The van der Waals surface area contributed by atoms with Crippen LogP contribution < -0.4 is 5.32 Å². The minimum Gasteiger partial charge on any atom is -0.345 e. The molecule has 1 aromatic heterocycles. The predicted octanol–water partition coefficient (Wildman–Crippen LogP) is 2.54. The van der Waals surface area contributed by atoms with Gasteiger partial charge in [0.25, 0.3) is 5.91 Å². The number of hydrogen-bond acceptors (Lipinski definition) is 3. The molecule has 0 bridgehead atoms. The molecule has 1 aliphatic heterocycles. The van der Waals surface area contributed by atoms with E-state index in [0.717, 1.165) is 34.6 Å². The van der Waals surface area contributed by atoms with Gasteiger partial charge in [-0.25, -0.2) is 0 Å². The van der Waals surface area contributed by atoms with E-state index in [4.69, 9.17) is 0 Å². The monoisotopic (exact) mass is 396 g/mol. The molecular weight excluding hydrogens is 379 g/mol. The number of amides is 1. The number of carbonyl (C=O) groups excluding carboxylic acids is 1. The summed E-state index contributed by atoms with van der Waals surface area (Å²) in [6, 6.07) is 7.57. The van der Waals surface area contributed by atoms with Crippen molar-refractivity contribution in [2.75, 3.05) is 0 Å². The van der Waals surface area contributed by atoms with E-state index in [9.17, 15) is 4.79 Å². The van der Waals surface area contributed by atoms with E-state index >= 15 is 0 Å². The summed E-state index contributed by atoms with van der Waals surface area (Å²) in [5.41, 5.74) is 0.703. The Labute approximate surface area is 137 Å². The van der Waals surface area contributed by atoms with Gasteiger partial charge >= 0.3 is 0 Å². The molecule has 1 aromatic carbocycles. The third-order valence-electron chi connectivity index (χ3n) is 3.71. The zero-order valence-corrected chi connectivity index (χ0v) is 13.8. The van der Waals surface area contributed by atoms with Gasteiger partial charge in [-0.15, -0.1) is 10.2 Å². The highest BCUT2D eigenvalue weighted by Gasteiger charge is 2.16. The van der Waals surface area contributed by atoms with Gasteiger partial charge < -0.3 is 9.88 Å². The number of rotatable bonds is 3.